The molecule has 0 atom stereocenters. The maximum absolute atomic E-state index is 12.1. The van der Waals surface area contributed by atoms with Crippen molar-refractivity contribution in [3.05, 3.63) is 28.7 Å². The molecule has 1 aliphatic carbocycles. The van der Waals surface area contributed by atoms with Gasteiger partial charge < -0.3 is 15.6 Å². The van der Waals surface area contributed by atoms with Crippen LogP contribution < -0.4 is 16.6 Å². The van der Waals surface area contributed by atoms with Crippen LogP contribution in [0.2, 0.25) is 0 Å². The Morgan fingerprint density at radius 1 is 1.35 bits per heavy atom. The number of rotatable bonds is 4. The van der Waals surface area contributed by atoms with Crippen molar-refractivity contribution in [1.29, 1.82) is 0 Å². The molecule has 0 aromatic carbocycles. The smallest absolute Gasteiger partial charge is 0.250 e. The van der Waals surface area contributed by atoms with Crippen LogP contribution in [0.4, 0.5) is 5.69 Å². The fraction of sp³-hybridized carbons (Fsp3) is 0.600. The van der Waals surface area contributed by atoms with E-state index >= 15 is 0 Å². The topological polar surface area (TPSA) is 77.1 Å². The third kappa shape index (κ3) is 3.70. The van der Waals surface area contributed by atoms with E-state index in [1.807, 2.05) is 6.92 Å². The second-order valence-electron chi connectivity index (χ2n) is 5.69. The molecule has 0 unspecified atom stereocenters. The van der Waals surface area contributed by atoms with E-state index < -0.39 is 0 Å². The van der Waals surface area contributed by atoms with Gasteiger partial charge in [0, 0.05) is 30.8 Å². The van der Waals surface area contributed by atoms with E-state index in [4.69, 9.17) is 5.73 Å². The summed E-state index contributed by atoms with van der Waals surface area (Å²) >= 11 is 0. The highest BCUT2D eigenvalue weighted by Gasteiger charge is 2.29. The van der Waals surface area contributed by atoms with Gasteiger partial charge in [-0.05, 0) is 25.8 Å². The number of amides is 1. The summed E-state index contributed by atoms with van der Waals surface area (Å²) in [5.74, 6) is -0.0734. The standard InChI is InChI=1S/C15H23N3O2/c1-2-18-11-12(6-7-14(18)20)17-13(19)10-15(16)8-4-3-5-9-15/h6-7,11H,2-5,8-10,16H2,1H3,(H,17,19). The molecule has 1 amide bonds. The van der Waals surface area contributed by atoms with Gasteiger partial charge in [0.1, 0.15) is 0 Å². The van der Waals surface area contributed by atoms with Crippen molar-refractivity contribution in [3.63, 3.8) is 0 Å². The van der Waals surface area contributed by atoms with Gasteiger partial charge in [0.15, 0.2) is 0 Å². The lowest BCUT2D eigenvalue weighted by molar-refractivity contribution is -0.117. The largest absolute Gasteiger partial charge is 0.325 e. The lowest BCUT2D eigenvalue weighted by atomic mass is 9.80. The molecule has 1 aromatic heterocycles. The predicted molar refractivity (Wildman–Crippen MR) is 79.6 cm³/mol. The fourth-order valence-electron chi connectivity index (χ4n) is 2.81. The van der Waals surface area contributed by atoms with E-state index in [2.05, 4.69) is 5.32 Å². The number of nitrogens with zero attached hydrogens (tertiary/aromatic N) is 1. The summed E-state index contributed by atoms with van der Waals surface area (Å²) in [6.07, 6.45) is 7.25. The van der Waals surface area contributed by atoms with E-state index in [1.54, 1.807) is 16.8 Å². The summed E-state index contributed by atoms with van der Waals surface area (Å²) in [5, 5.41) is 2.84. The minimum atomic E-state index is -0.360. The van der Waals surface area contributed by atoms with Crippen LogP contribution in [0.3, 0.4) is 0 Å². The zero-order valence-electron chi connectivity index (χ0n) is 12.0. The maximum Gasteiger partial charge on any atom is 0.250 e. The second kappa shape index (κ2) is 6.22. The molecule has 1 heterocycles. The van der Waals surface area contributed by atoms with E-state index in [1.165, 1.54) is 12.5 Å². The van der Waals surface area contributed by atoms with Gasteiger partial charge in [-0.15, -0.1) is 0 Å². The van der Waals surface area contributed by atoms with Gasteiger partial charge >= 0.3 is 0 Å². The number of anilines is 1. The zero-order valence-corrected chi connectivity index (χ0v) is 12.0. The number of carbonyl (C=O) groups is 1. The zero-order chi connectivity index (χ0) is 14.6. The Hall–Kier alpha value is -1.62. The van der Waals surface area contributed by atoms with Crippen LogP contribution >= 0.6 is 0 Å². The SMILES string of the molecule is CCn1cc(NC(=O)CC2(N)CCCCC2)ccc1=O. The van der Waals surface area contributed by atoms with Crippen LogP contribution in [0.15, 0.2) is 23.1 Å². The average Bonchev–Trinajstić information content (AvgIpc) is 2.41. The third-order valence-corrected chi connectivity index (χ3v) is 3.97. The summed E-state index contributed by atoms with van der Waals surface area (Å²) in [4.78, 5) is 23.6. The molecule has 1 aliphatic rings. The lowest BCUT2D eigenvalue weighted by Gasteiger charge is -2.32. The molecule has 5 nitrogen and oxygen atoms in total. The van der Waals surface area contributed by atoms with Crippen molar-refractivity contribution in [2.75, 3.05) is 5.32 Å². The Bertz CT molecular complexity index is 530. The molecular weight excluding hydrogens is 254 g/mol. The predicted octanol–water partition coefficient (Wildman–Crippen LogP) is 1.86. The molecule has 0 spiro atoms. The number of hydrogen-bond acceptors (Lipinski definition) is 3. The van der Waals surface area contributed by atoms with Crippen LogP contribution in [0.5, 0.6) is 0 Å². The number of pyridine rings is 1. The number of hydrogen-bond donors (Lipinski definition) is 2. The Balaban J connectivity index is 1.99. The number of aromatic nitrogens is 1. The van der Waals surface area contributed by atoms with Gasteiger partial charge in [-0.3, -0.25) is 9.59 Å². The van der Waals surface area contributed by atoms with Gasteiger partial charge in [-0.1, -0.05) is 19.3 Å². The first-order valence-electron chi connectivity index (χ1n) is 7.32. The van der Waals surface area contributed by atoms with E-state index in [0.29, 0.717) is 18.7 Å². The van der Waals surface area contributed by atoms with Crippen molar-refractivity contribution in [3.8, 4) is 0 Å². The average molecular weight is 277 g/mol. The first-order chi connectivity index (χ1) is 9.52. The molecule has 110 valence electrons. The Kier molecular flexibility index (Phi) is 4.60. The molecule has 3 N–H and O–H groups in total. The third-order valence-electron chi connectivity index (χ3n) is 3.97. The Morgan fingerprint density at radius 2 is 2.05 bits per heavy atom. The Morgan fingerprint density at radius 3 is 2.70 bits per heavy atom. The molecule has 0 bridgehead atoms. The molecular formula is C15H23N3O2. The Labute approximate surface area is 119 Å². The van der Waals surface area contributed by atoms with Crippen LogP contribution in [0.25, 0.3) is 0 Å². The second-order valence-corrected chi connectivity index (χ2v) is 5.69. The molecule has 0 radical (unpaired) electrons. The van der Waals surface area contributed by atoms with Crippen LogP contribution in [-0.4, -0.2) is 16.0 Å². The number of aryl methyl sites for hydroxylation is 1. The number of carbonyl (C=O) groups excluding carboxylic acids is 1. The fourth-order valence-corrected chi connectivity index (χ4v) is 2.81. The van der Waals surface area contributed by atoms with E-state index in [0.717, 1.165) is 25.7 Å². The molecule has 1 saturated carbocycles. The van der Waals surface area contributed by atoms with Gasteiger partial charge in [0.2, 0.25) is 5.91 Å². The molecule has 1 fully saturated rings. The van der Waals surface area contributed by atoms with Gasteiger partial charge in [-0.25, -0.2) is 0 Å². The normalized spacial score (nSPS) is 17.7. The van der Waals surface area contributed by atoms with Crippen molar-refractivity contribution < 1.29 is 4.79 Å². The minimum absolute atomic E-state index is 0.0620. The van der Waals surface area contributed by atoms with E-state index in [9.17, 15) is 9.59 Å². The lowest BCUT2D eigenvalue weighted by Crippen LogP contribution is -2.44. The molecule has 0 saturated heterocycles. The van der Waals surface area contributed by atoms with Gasteiger partial charge in [0.05, 0.1) is 5.69 Å². The monoisotopic (exact) mass is 277 g/mol. The minimum Gasteiger partial charge on any atom is -0.325 e. The first-order valence-corrected chi connectivity index (χ1v) is 7.32. The molecule has 1 aromatic rings. The summed E-state index contributed by atoms with van der Waals surface area (Å²) in [6.45, 7) is 2.48. The van der Waals surface area contributed by atoms with Crippen molar-refractivity contribution in [2.24, 2.45) is 5.73 Å². The number of nitrogens with two attached hydrogens (primary N) is 1. The molecule has 0 aliphatic heterocycles. The molecule has 2 rings (SSSR count). The van der Waals surface area contributed by atoms with Crippen molar-refractivity contribution in [2.45, 2.75) is 57.5 Å². The maximum atomic E-state index is 12.1. The highest BCUT2D eigenvalue weighted by atomic mass is 16.1. The summed E-state index contributed by atoms with van der Waals surface area (Å²) < 4.78 is 1.56. The van der Waals surface area contributed by atoms with Gasteiger partial charge in [-0.2, -0.15) is 0 Å². The van der Waals surface area contributed by atoms with Crippen LogP contribution in [0.1, 0.15) is 45.4 Å². The number of nitrogens with one attached hydrogen (secondary N) is 1. The summed E-state index contributed by atoms with van der Waals surface area (Å²) in [5.41, 5.74) is 6.51. The highest BCUT2D eigenvalue weighted by Crippen LogP contribution is 2.28. The summed E-state index contributed by atoms with van der Waals surface area (Å²) in [7, 11) is 0. The summed E-state index contributed by atoms with van der Waals surface area (Å²) in [6, 6.07) is 3.11. The highest BCUT2D eigenvalue weighted by molar-refractivity contribution is 5.91. The first kappa shape index (κ1) is 14.8. The van der Waals surface area contributed by atoms with E-state index in [-0.39, 0.29) is 17.0 Å². The van der Waals surface area contributed by atoms with Crippen LogP contribution in [-0.2, 0) is 11.3 Å². The molecule has 20 heavy (non-hydrogen) atoms. The van der Waals surface area contributed by atoms with Crippen molar-refractivity contribution in [1.82, 2.24) is 4.57 Å². The molecule has 5 heteroatoms. The van der Waals surface area contributed by atoms with Crippen LogP contribution in [0, 0.1) is 0 Å². The van der Waals surface area contributed by atoms with Gasteiger partial charge in [0.25, 0.3) is 5.56 Å². The van der Waals surface area contributed by atoms with Crippen molar-refractivity contribution >= 4 is 11.6 Å². The quantitative estimate of drug-likeness (QED) is 0.882.